The Kier molecular flexibility index (Phi) is 6.38. The molecule has 0 spiro atoms. The molecule has 2 atom stereocenters. The first-order valence-corrected chi connectivity index (χ1v) is 10.3. The smallest absolute Gasteiger partial charge is 0.316 e. The number of benzene rings is 2. The number of aliphatic hydroxyl groups excluding tert-OH is 1. The Hall–Kier alpha value is -2.57. The molecule has 2 unspecified atom stereocenters. The minimum Gasteiger partial charge on any atom is -0.449 e. The summed E-state index contributed by atoms with van der Waals surface area (Å²) in [5, 5.41) is 14.0. The fraction of sp³-hybridized carbons (Fsp3) is 0.458. The molecule has 2 aromatic carbocycles. The highest BCUT2D eigenvalue weighted by Gasteiger charge is 2.36. The molecule has 2 aromatic rings. The predicted octanol–water partition coefficient (Wildman–Crippen LogP) is 4.23. The lowest BCUT2D eigenvalue weighted by molar-refractivity contribution is -0.143. The number of aliphatic hydroxyl groups is 1. The number of para-hydroxylation sites is 2. The largest absolute Gasteiger partial charge is 0.449 e. The second-order valence-corrected chi connectivity index (χ2v) is 8.93. The Morgan fingerprint density at radius 1 is 1.10 bits per heavy atom. The van der Waals surface area contributed by atoms with Gasteiger partial charge in [-0.05, 0) is 57.5 Å². The first kappa shape index (κ1) is 22.1. The number of ether oxygens (including phenoxy) is 3. The lowest BCUT2D eigenvalue weighted by atomic mass is 9.97. The molecular weight excluding hydrogens is 382 g/mol. The Balaban J connectivity index is 1.49. The molecule has 0 aromatic heterocycles. The molecule has 0 saturated carbocycles. The molecular formula is C24H31NO5. The molecule has 6 heteroatoms. The van der Waals surface area contributed by atoms with E-state index in [0.29, 0.717) is 18.7 Å². The van der Waals surface area contributed by atoms with Crippen molar-refractivity contribution < 1.29 is 24.1 Å². The molecule has 0 radical (unpaired) electrons. The van der Waals surface area contributed by atoms with E-state index in [1.165, 1.54) is 0 Å². The highest BCUT2D eigenvalue weighted by Crippen LogP contribution is 2.40. The third-order valence-electron chi connectivity index (χ3n) is 5.06. The molecule has 3 rings (SSSR count). The maximum atomic E-state index is 12.0. The highest BCUT2D eigenvalue weighted by molar-refractivity contribution is 5.77. The third kappa shape index (κ3) is 5.32. The summed E-state index contributed by atoms with van der Waals surface area (Å²) in [6, 6.07) is 14.4. The highest BCUT2D eigenvalue weighted by atomic mass is 16.7. The van der Waals surface area contributed by atoms with Gasteiger partial charge < -0.3 is 24.6 Å². The van der Waals surface area contributed by atoms with Crippen LogP contribution in [0.25, 0.3) is 0 Å². The van der Waals surface area contributed by atoms with Gasteiger partial charge in [-0.15, -0.1) is 0 Å². The van der Waals surface area contributed by atoms with Gasteiger partial charge in [0, 0.05) is 25.9 Å². The fourth-order valence-corrected chi connectivity index (χ4v) is 3.13. The van der Waals surface area contributed by atoms with Gasteiger partial charge in [0.25, 0.3) is 0 Å². The summed E-state index contributed by atoms with van der Waals surface area (Å²) in [6.07, 6.45) is -0.0757. The maximum absolute atomic E-state index is 12.0. The molecule has 0 aliphatic carbocycles. The van der Waals surface area contributed by atoms with Crippen LogP contribution < -0.4 is 19.5 Å². The van der Waals surface area contributed by atoms with Crippen LogP contribution in [0.2, 0.25) is 0 Å². The normalized spacial score (nSPS) is 16.7. The first-order valence-electron chi connectivity index (χ1n) is 10.3. The number of carbonyl (C=O) groups excluding carboxylic acids is 1. The minimum absolute atomic E-state index is 0.180. The molecule has 30 heavy (non-hydrogen) atoms. The summed E-state index contributed by atoms with van der Waals surface area (Å²) >= 11 is 0. The van der Waals surface area contributed by atoms with Crippen LogP contribution >= 0.6 is 0 Å². The standard InChI is InChI=1S/C24H31NO5/c1-16(25-15-14-24(5)29-19-8-6-7-9-20(19)30-24)21(26)17-10-12-18(13-11-17)28-22(27)23(2,3)4/h6-13,16,21,25-26H,14-15H2,1-5H3. The van der Waals surface area contributed by atoms with Crippen LogP contribution in [-0.4, -0.2) is 29.4 Å². The summed E-state index contributed by atoms with van der Waals surface area (Å²) < 4.78 is 17.2. The van der Waals surface area contributed by atoms with Crippen LogP contribution in [0.1, 0.15) is 52.7 Å². The topological polar surface area (TPSA) is 77.0 Å². The Bertz CT molecular complexity index is 847. The number of rotatable bonds is 7. The van der Waals surface area contributed by atoms with Crippen LogP contribution in [0.15, 0.2) is 48.5 Å². The molecule has 0 bridgehead atoms. The van der Waals surface area contributed by atoms with Crippen molar-refractivity contribution in [2.24, 2.45) is 5.41 Å². The molecule has 162 valence electrons. The van der Waals surface area contributed by atoms with Gasteiger partial charge >= 0.3 is 5.97 Å². The summed E-state index contributed by atoms with van der Waals surface area (Å²) in [5.41, 5.74) is 0.180. The number of hydrogen-bond acceptors (Lipinski definition) is 6. The van der Waals surface area contributed by atoms with Gasteiger partial charge in [0.1, 0.15) is 5.75 Å². The van der Waals surface area contributed by atoms with Crippen molar-refractivity contribution in [3.8, 4) is 17.2 Å². The van der Waals surface area contributed by atoms with E-state index in [-0.39, 0.29) is 12.0 Å². The molecule has 1 aliphatic heterocycles. The lowest BCUT2D eigenvalue weighted by Gasteiger charge is -2.26. The van der Waals surface area contributed by atoms with Crippen molar-refractivity contribution in [2.45, 2.75) is 59.0 Å². The van der Waals surface area contributed by atoms with E-state index in [0.717, 1.165) is 17.1 Å². The zero-order valence-electron chi connectivity index (χ0n) is 18.3. The van der Waals surface area contributed by atoms with Crippen molar-refractivity contribution in [3.05, 3.63) is 54.1 Å². The fourth-order valence-electron chi connectivity index (χ4n) is 3.13. The van der Waals surface area contributed by atoms with Crippen LogP contribution in [0.4, 0.5) is 0 Å². The van der Waals surface area contributed by atoms with Gasteiger partial charge in [-0.25, -0.2) is 0 Å². The second-order valence-electron chi connectivity index (χ2n) is 8.93. The zero-order valence-corrected chi connectivity index (χ0v) is 18.3. The molecule has 0 amide bonds. The van der Waals surface area contributed by atoms with E-state index in [2.05, 4.69) is 5.32 Å². The van der Waals surface area contributed by atoms with Crippen molar-refractivity contribution in [2.75, 3.05) is 6.54 Å². The monoisotopic (exact) mass is 413 g/mol. The Morgan fingerprint density at radius 3 is 2.20 bits per heavy atom. The molecule has 6 nitrogen and oxygen atoms in total. The van der Waals surface area contributed by atoms with Crippen molar-refractivity contribution >= 4 is 5.97 Å². The van der Waals surface area contributed by atoms with Gasteiger partial charge in [-0.3, -0.25) is 4.79 Å². The SMILES string of the molecule is CC(NCCC1(C)Oc2ccccc2O1)C(O)c1ccc(OC(=O)C(C)(C)C)cc1. The van der Waals surface area contributed by atoms with Gasteiger partial charge in [0.15, 0.2) is 11.5 Å². The van der Waals surface area contributed by atoms with Gasteiger partial charge in [-0.1, -0.05) is 24.3 Å². The van der Waals surface area contributed by atoms with E-state index in [9.17, 15) is 9.90 Å². The van der Waals surface area contributed by atoms with Crippen LogP contribution in [0, 0.1) is 5.41 Å². The van der Waals surface area contributed by atoms with E-state index in [4.69, 9.17) is 14.2 Å². The summed E-state index contributed by atoms with van der Waals surface area (Å²) in [7, 11) is 0. The van der Waals surface area contributed by atoms with Gasteiger partial charge in [-0.2, -0.15) is 0 Å². The lowest BCUT2D eigenvalue weighted by Crippen LogP contribution is -2.41. The van der Waals surface area contributed by atoms with Crippen molar-refractivity contribution in [3.63, 3.8) is 0 Å². The van der Waals surface area contributed by atoms with Crippen molar-refractivity contribution in [1.82, 2.24) is 5.32 Å². The Morgan fingerprint density at radius 2 is 1.67 bits per heavy atom. The molecule has 1 aliphatic rings. The average Bonchev–Trinajstić information content (AvgIpc) is 3.03. The zero-order chi connectivity index (χ0) is 21.9. The predicted molar refractivity (Wildman–Crippen MR) is 115 cm³/mol. The number of carbonyl (C=O) groups is 1. The molecule has 0 fully saturated rings. The molecule has 0 saturated heterocycles. The number of hydrogen-bond donors (Lipinski definition) is 2. The number of fused-ring (bicyclic) bond motifs is 1. The van der Waals surface area contributed by atoms with E-state index in [1.807, 2.05) is 58.9 Å². The Labute approximate surface area is 178 Å². The maximum Gasteiger partial charge on any atom is 0.316 e. The molecule has 2 N–H and O–H groups in total. The quantitative estimate of drug-likeness (QED) is 0.523. The van der Waals surface area contributed by atoms with E-state index < -0.39 is 17.3 Å². The van der Waals surface area contributed by atoms with Crippen LogP contribution in [0.5, 0.6) is 17.2 Å². The van der Waals surface area contributed by atoms with Gasteiger partial charge in [0.2, 0.25) is 5.79 Å². The average molecular weight is 414 g/mol. The summed E-state index contributed by atoms with van der Waals surface area (Å²) in [5.74, 6) is 0.952. The minimum atomic E-state index is -0.722. The first-order chi connectivity index (χ1) is 14.1. The van der Waals surface area contributed by atoms with Crippen molar-refractivity contribution in [1.29, 1.82) is 0 Å². The van der Waals surface area contributed by atoms with E-state index >= 15 is 0 Å². The number of nitrogens with one attached hydrogen (secondary N) is 1. The van der Waals surface area contributed by atoms with Gasteiger partial charge in [0.05, 0.1) is 11.5 Å². The third-order valence-corrected chi connectivity index (χ3v) is 5.06. The van der Waals surface area contributed by atoms with Crippen LogP contribution in [0.3, 0.4) is 0 Å². The van der Waals surface area contributed by atoms with E-state index in [1.54, 1.807) is 24.3 Å². The van der Waals surface area contributed by atoms with Crippen LogP contribution in [-0.2, 0) is 4.79 Å². The second kappa shape index (κ2) is 8.66. The summed E-state index contributed by atoms with van der Waals surface area (Å²) in [6.45, 7) is 9.87. The summed E-state index contributed by atoms with van der Waals surface area (Å²) in [4.78, 5) is 12.0. The molecule has 1 heterocycles. The number of esters is 1.